The second-order valence-corrected chi connectivity index (χ2v) is 8.64. The van der Waals surface area contributed by atoms with Crippen molar-refractivity contribution in [2.45, 2.75) is 11.4 Å². The van der Waals surface area contributed by atoms with Gasteiger partial charge < -0.3 is 9.47 Å². The Morgan fingerprint density at radius 3 is 2.44 bits per heavy atom. The Kier molecular flexibility index (Phi) is 6.16. The van der Waals surface area contributed by atoms with Gasteiger partial charge in [0.2, 0.25) is 10.0 Å². The molecule has 32 heavy (non-hydrogen) atoms. The number of rotatable bonds is 7. The van der Waals surface area contributed by atoms with Crippen LogP contribution in [0.5, 0.6) is 11.5 Å². The molecular weight excluding hydrogens is 428 g/mol. The van der Waals surface area contributed by atoms with E-state index in [1.165, 1.54) is 31.4 Å². The first-order chi connectivity index (χ1) is 15.5. The highest BCUT2D eigenvalue weighted by atomic mass is 32.2. The summed E-state index contributed by atoms with van der Waals surface area (Å²) in [5, 5.41) is 0.894. The molecule has 0 aliphatic carbocycles. The number of para-hydroxylation sites is 2. The predicted octanol–water partition coefficient (Wildman–Crippen LogP) is 4.29. The fourth-order valence-corrected chi connectivity index (χ4v) is 4.22. The van der Waals surface area contributed by atoms with E-state index >= 15 is 0 Å². The summed E-state index contributed by atoms with van der Waals surface area (Å²) < 4.78 is 38.7. The van der Waals surface area contributed by atoms with Gasteiger partial charge in [0.05, 0.1) is 17.5 Å². The van der Waals surface area contributed by atoms with Crippen LogP contribution in [0.15, 0.2) is 90.0 Å². The maximum absolute atomic E-state index is 12.8. The molecule has 4 aromatic rings. The van der Waals surface area contributed by atoms with Gasteiger partial charge in [0.15, 0.2) is 0 Å². The predicted molar refractivity (Wildman–Crippen MR) is 120 cm³/mol. The molecule has 1 N–H and O–H groups in total. The lowest BCUT2D eigenvalue weighted by Gasteiger charge is -2.11. The minimum atomic E-state index is -3.74. The molecule has 1 heterocycles. The van der Waals surface area contributed by atoms with Crippen molar-refractivity contribution in [3.8, 4) is 11.5 Å². The number of fused-ring (bicyclic) bond motifs is 1. The van der Waals surface area contributed by atoms with Crippen molar-refractivity contribution in [2.75, 3.05) is 7.11 Å². The molecule has 3 aromatic carbocycles. The van der Waals surface area contributed by atoms with Crippen LogP contribution < -0.4 is 9.46 Å². The molecule has 8 heteroatoms. The molecule has 0 aliphatic heterocycles. The Morgan fingerprint density at radius 2 is 1.66 bits per heavy atom. The van der Waals surface area contributed by atoms with Crippen LogP contribution in [0.1, 0.15) is 15.9 Å². The minimum absolute atomic E-state index is 0.101. The molecule has 0 radical (unpaired) electrons. The number of benzene rings is 3. The summed E-state index contributed by atoms with van der Waals surface area (Å²) in [7, 11) is -2.45. The van der Waals surface area contributed by atoms with Crippen molar-refractivity contribution >= 4 is 26.9 Å². The highest BCUT2D eigenvalue weighted by Crippen LogP contribution is 2.27. The number of nitrogens with zero attached hydrogens (tertiary/aromatic N) is 1. The topological polar surface area (TPSA) is 94.6 Å². The van der Waals surface area contributed by atoms with E-state index in [-0.39, 0.29) is 17.0 Å². The van der Waals surface area contributed by atoms with Crippen molar-refractivity contribution in [2.24, 2.45) is 0 Å². The van der Waals surface area contributed by atoms with Gasteiger partial charge in [-0.15, -0.1) is 0 Å². The molecule has 0 fully saturated rings. The van der Waals surface area contributed by atoms with E-state index in [1.807, 2.05) is 24.3 Å². The summed E-state index contributed by atoms with van der Waals surface area (Å²) in [5.41, 5.74) is 1.91. The average molecular weight is 449 g/mol. The summed E-state index contributed by atoms with van der Waals surface area (Å²) in [6.07, 6.45) is 1.66. The van der Waals surface area contributed by atoms with Gasteiger partial charge >= 0.3 is 5.97 Å². The lowest BCUT2D eigenvalue weighted by Crippen LogP contribution is -2.23. The zero-order chi connectivity index (χ0) is 22.6. The summed E-state index contributed by atoms with van der Waals surface area (Å²) in [6.45, 7) is 0.135. The molecule has 7 nitrogen and oxygen atoms in total. The molecule has 0 saturated heterocycles. The molecule has 1 aromatic heterocycles. The highest BCUT2D eigenvalue weighted by Gasteiger charge is 2.16. The van der Waals surface area contributed by atoms with Crippen LogP contribution in [0.2, 0.25) is 0 Å². The summed E-state index contributed by atoms with van der Waals surface area (Å²) in [5.74, 6) is 0.186. The molecule has 0 unspecified atom stereocenters. The van der Waals surface area contributed by atoms with Crippen molar-refractivity contribution in [1.82, 2.24) is 9.71 Å². The minimum Gasteiger partial charge on any atom is -0.465 e. The van der Waals surface area contributed by atoms with Crippen LogP contribution in [-0.2, 0) is 21.3 Å². The summed E-state index contributed by atoms with van der Waals surface area (Å²) >= 11 is 0. The van der Waals surface area contributed by atoms with Crippen LogP contribution in [0, 0.1) is 0 Å². The van der Waals surface area contributed by atoms with Crippen LogP contribution >= 0.6 is 0 Å². The van der Waals surface area contributed by atoms with Crippen LogP contribution in [0.3, 0.4) is 0 Å². The number of ether oxygens (including phenoxy) is 2. The second kappa shape index (κ2) is 9.17. The van der Waals surface area contributed by atoms with Gasteiger partial charge in [0.25, 0.3) is 0 Å². The fourth-order valence-electron chi connectivity index (χ4n) is 3.21. The largest absolute Gasteiger partial charge is 0.465 e. The van der Waals surface area contributed by atoms with E-state index in [1.54, 1.807) is 36.5 Å². The molecule has 162 valence electrons. The quantitative estimate of drug-likeness (QED) is 0.424. The molecular formula is C24H20N2O5S. The van der Waals surface area contributed by atoms with E-state index in [2.05, 4.69) is 9.71 Å². The Hall–Kier alpha value is -3.75. The van der Waals surface area contributed by atoms with Crippen molar-refractivity contribution in [3.63, 3.8) is 0 Å². The third kappa shape index (κ3) is 4.61. The van der Waals surface area contributed by atoms with Gasteiger partial charge in [-0.2, -0.15) is 0 Å². The van der Waals surface area contributed by atoms with Crippen LogP contribution in [0.4, 0.5) is 0 Å². The lowest BCUT2D eigenvalue weighted by atomic mass is 10.1. The van der Waals surface area contributed by atoms with E-state index < -0.39 is 16.0 Å². The SMILES string of the molecule is COC(=O)c1ccccc1Oc1ccc(S(=O)(=O)NCc2ccnc3ccccc23)cc1. The number of pyridine rings is 1. The number of hydrogen-bond donors (Lipinski definition) is 1. The molecule has 0 spiro atoms. The maximum Gasteiger partial charge on any atom is 0.341 e. The molecule has 0 saturated carbocycles. The zero-order valence-corrected chi connectivity index (χ0v) is 18.0. The normalized spacial score (nSPS) is 11.3. The first kappa shape index (κ1) is 21.5. The number of nitrogens with one attached hydrogen (secondary N) is 1. The maximum atomic E-state index is 12.8. The first-order valence-corrected chi connectivity index (χ1v) is 11.2. The van der Waals surface area contributed by atoms with Crippen molar-refractivity contribution in [3.05, 3.63) is 96.2 Å². The first-order valence-electron chi connectivity index (χ1n) is 9.75. The lowest BCUT2D eigenvalue weighted by molar-refractivity contribution is 0.0598. The molecule has 0 amide bonds. The average Bonchev–Trinajstić information content (AvgIpc) is 2.83. The summed E-state index contributed by atoms with van der Waals surface area (Å²) in [4.78, 5) is 16.3. The summed E-state index contributed by atoms with van der Waals surface area (Å²) in [6, 6.07) is 22.0. The Morgan fingerprint density at radius 1 is 0.938 bits per heavy atom. The third-order valence-electron chi connectivity index (χ3n) is 4.85. The van der Waals surface area contributed by atoms with Gasteiger partial charge in [0, 0.05) is 18.1 Å². The van der Waals surface area contributed by atoms with E-state index in [9.17, 15) is 13.2 Å². The van der Waals surface area contributed by atoms with Gasteiger partial charge in [-0.25, -0.2) is 17.9 Å². The van der Waals surface area contributed by atoms with Gasteiger partial charge in [-0.05, 0) is 54.1 Å². The number of hydrogen-bond acceptors (Lipinski definition) is 6. The molecule has 0 aliphatic rings. The smallest absolute Gasteiger partial charge is 0.341 e. The molecule has 0 bridgehead atoms. The Balaban J connectivity index is 1.49. The number of carbonyl (C=O) groups is 1. The number of carbonyl (C=O) groups excluding carboxylic acids is 1. The highest BCUT2D eigenvalue weighted by molar-refractivity contribution is 7.89. The Bertz CT molecular complexity index is 1360. The second-order valence-electron chi connectivity index (χ2n) is 6.87. The van der Waals surface area contributed by atoms with Crippen molar-refractivity contribution < 1.29 is 22.7 Å². The van der Waals surface area contributed by atoms with Crippen molar-refractivity contribution in [1.29, 1.82) is 0 Å². The monoisotopic (exact) mass is 448 g/mol. The van der Waals surface area contributed by atoms with Gasteiger partial charge in [0.1, 0.15) is 17.1 Å². The number of aromatic nitrogens is 1. The Labute approximate surface area is 185 Å². The standard InChI is InChI=1S/C24H20N2O5S/c1-30-24(27)21-7-3-5-9-23(21)31-18-10-12-19(13-11-18)32(28,29)26-16-17-14-15-25-22-8-4-2-6-20(17)22/h2-15,26H,16H2,1H3. The number of sulfonamides is 1. The number of esters is 1. The van der Waals surface area contributed by atoms with Gasteiger partial charge in [-0.1, -0.05) is 30.3 Å². The zero-order valence-electron chi connectivity index (χ0n) is 17.2. The number of methoxy groups -OCH3 is 1. The van der Waals surface area contributed by atoms with Gasteiger partial charge in [-0.3, -0.25) is 4.98 Å². The van der Waals surface area contributed by atoms with E-state index in [0.29, 0.717) is 11.5 Å². The fraction of sp³-hybridized carbons (Fsp3) is 0.0833. The van der Waals surface area contributed by atoms with E-state index in [0.717, 1.165) is 16.5 Å². The molecule has 4 rings (SSSR count). The third-order valence-corrected chi connectivity index (χ3v) is 6.26. The van der Waals surface area contributed by atoms with E-state index in [4.69, 9.17) is 9.47 Å². The van der Waals surface area contributed by atoms with Crippen LogP contribution in [0.25, 0.3) is 10.9 Å². The molecule has 0 atom stereocenters. The van der Waals surface area contributed by atoms with Crippen LogP contribution in [-0.4, -0.2) is 26.5 Å².